The van der Waals surface area contributed by atoms with E-state index in [4.69, 9.17) is 39.5 Å². The standard InChI is InChI=1S/C19H13Cl3N2O4/c1-2-28-16-13(21)8-10(9-14(16)22)7-11-17(25)23-19(27)24(18(11)26)15-6-4-3-5-12(15)20/h3-9H,2H2,1H3,(H,23,25,27)/b11-7+. The molecular weight excluding hydrogens is 427 g/mol. The van der Waals surface area contributed by atoms with Gasteiger partial charge in [0.25, 0.3) is 11.8 Å². The number of imide groups is 2. The van der Waals surface area contributed by atoms with Gasteiger partial charge < -0.3 is 4.74 Å². The lowest BCUT2D eigenvalue weighted by Crippen LogP contribution is -2.54. The molecule has 0 unspecified atom stereocenters. The number of hydrogen-bond acceptors (Lipinski definition) is 4. The molecule has 4 amide bonds. The maximum atomic E-state index is 12.9. The molecule has 1 aliphatic rings. The fraction of sp³-hybridized carbons (Fsp3) is 0.105. The Balaban J connectivity index is 2.04. The number of anilines is 1. The van der Waals surface area contributed by atoms with Gasteiger partial charge in [0.05, 0.1) is 27.4 Å². The molecule has 9 heteroatoms. The van der Waals surface area contributed by atoms with Crippen molar-refractivity contribution in [2.75, 3.05) is 11.5 Å². The Kier molecular flexibility index (Phi) is 5.93. The molecule has 144 valence electrons. The third-order valence-corrected chi connectivity index (χ3v) is 4.70. The quantitative estimate of drug-likeness (QED) is 0.553. The summed E-state index contributed by atoms with van der Waals surface area (Å²) in [6.07, 6.45) is 1.29. The molecule has 0 bridgehead atoms. The van der Waals surface area contributed by atoms with Crippen molar-refractivity contribution in [1.29, 1.82) is 0 Å². The van der Waals surface area contributed by atoms with E-state index in [9.17, 15) is 14.4 Å². The first-order valence-electron chi connectivity index (χ1n) is 8.11. The van der Waals surface area contributed by atoms with Crippen molar-refractivity contribution in [3.8, 4) is 5.75 Å². The number of carbonyl (C=O) groups is 3. The smallest absolute Gasteiger partial charge is 0.335 e. The van der Waals surface area contributed by atoms with Crippen molar-refractivity contribution >= 4 is 64.4 Å². The van der Waals surface area contributed by atoms with E-state index in [-0.39, 0.29) is 26.3 Å². The molecule has 3 rings (SSSR count). The molecule has 1 N–H and O–H groups in total. The number of para-hydroxylation sites is 1. The highest BCUT2D eigenvalue weighted by atomic mass is 35.5. The number of hydrogen-bond donors (Lipinski definition) is 1. The molecule has 0 aliphatic carbocycles. The monoisotopic (exact) mass is 438 g/mol. The highest BCUT2D eigenvalue weighted by molar-refractivity contribution is 6.42. The Morgan fingerprint density at radius 2 is 1.68 bits per heavy atom. The maximum Gasteiger partial charge on any atom is 0.335 e. The van der Waals surface area contributed by atoms with Crippen molar-refractivity contribution in [1.82, 2.24) is 5.32 Å². The summed E-state index contributed by atoms with van der Waals surface area (Å²) in [7, 11) is 0. The number of rotatable bonds is 4. The van der Waals surface area contributed by atoms with Crippen LogP contribution in [0.1, 0.15) is 12.5 Å². The largest absolute Gasteiger partial charge is 0.491 e. The zero-order chi connectivity index (χ0) is 20.4. The molecule has 0 atom stereocenters. The number of nitrogens with one attached hydrogen (secondary N) is 1. The average molecular weight is 440 g/mol. The number of halogens is 3. The van der Waals surface area contributed by atoms with E-state index in [0.29, 0.717) is 17.9 Å². The van der Waals surface area contributed by atoms with Crippen LogP contribution in [0.2, 0.25) is 15.1 Å². The number of urea groups is 1. The van der Waals surface area contributed by atoms with E-state index in [1.54, 1.807) is 19.1 Å². The molecule has 1 saturated heterocycles. The Labute approximate surface area is 175 Å². The highest BCUT2D eigenvalue weighted by Crippen LogP contribution is 2.35. The summed E-state index contributed by atoms with van der Waals surface area (Å²) >= 11 is 18.4. The molecule has 1 aliphatic heterocycles. The molecule has 2 aromatic rings. The van der Waals surface area contributed by atoms with Crippen LogP contribution in [0.15, 0.2) is 42.0 Å². The van der Waals surface area contributed by atoms with Crippen LogP contribution < -0.4 is 15.0 Å². The van der Waals surface area contributed by atoms with Crippen LogP contribution in [0.25, 0.3) is 6.08 Å². The van der Waals surface area contributed by atoms with Crippen molar-refractivity contribution in [3.63, 3.8) is 0 Å². The van der Waals surface area contributed by atoms with Gasteiger partial charge >= 0.3 is 6.03 Å². The van der Waals surface area contributed by atoms with Crippen molar-refractivity contribution < 1.29 is 19.1 Å². The Bertz CT molecular complexity index is 997. The van der Waals surface area contributed by atoms with Crippen LogP contribution in [0, 0.1) is 0 Å². The third kappa shape index (κ3) is 3.85. The molecule has 28 heavy (non-hydrogen) atoms. The van der Waals surface area contributed by atoms with Crippen LogP contribution in [0.3, 0.4) is 0 Å². The molecule has 0 aromatic heterocycles. The normalized spacial score (nSPS) is 15.8. The van der Waals surface area contributed by atoms with Crippen LogP contribution >= 0.6 is 34.8 Å². The van der Waals surface area contributed by atoms with Crippen molar-refractivity contribution in [2.24, 2.45) is 0 Å². The van der Waals surface area contributed by atoms with Gasteiger partial charge in [-0.25, -0.2) is 9.69 Å². The SMILES string of the molecule is CCOc1c(Cl)cc(/C=C2\C(=O)NC(=O)N(c3ccccc3Cl)C2=O)cc1Cl. The number of amides is 4. The van der Waals surface area contributed by atoms with Gasteiger partial charge in [-0.3, -0.25) is 14.9 Å². The summed E-state index contributed by atoms with van der Waals surface area (Å²) in [5, 5.41) is 2.76. The predicted octanol–water partition coefficient (Wildman–Crippen LogP) is 4.71. The van der Waals surface area contributed by atoms with E-state index in [1.165, 1.54) is 30.3 Å². The number of carbonyl (C=O) groups excluding carboxylic acids is 3. The number of ether oxygens (including phenoxy) is 1. The topological polar surface area (TPSA) is 75.7 Å². The van der Waals surface area contributed by atoms with Crippen LogP contribution in [-0.2, 0) is 9.59 Å². The number of nitrogens with zero attached hydrogens (tertiary/aromatic N) is 1. The van der Waals surface area contributed by atoms with E-state index in [0.717, 1.165) is 4.90 Å². The summed E-state index contributed by atoms with van der Waals surface area (Å²) in [5.74, 6) is -1.34. The van der Waals surface area contributed by atoms with Gasteiger partial charge in [0.1, 0.15) is 5.57 Å². The molecule has 0 spiro atoms. The lowest BCUT2D eigenvalue weighted by Gasteiger charge is -2.27. The van der Waals surface area contributed by atoms with Gasteiger partial charge in [0.2, 0.25) is 0 Å². The number of benzene rings is 2. The van der Waals surface area contributed by atoms with E-state index in [2.05, 4.69) is 5.32 Å². The minimum atomic E-state index is -0.886. The maximum absolute atomic E-state index is 12.9. The Morgan fingerprint density at radius 3 is 2.29 bits per heavy atom. The second-order valence-electron chi connectivity index (χ2n) is 5.66. The van der Waals surface area contributed by atoms with Crippen LogP contribution in [0.4, 0.5) is 10.5 Å². The van der Waals surface area contributed by atoms with Gasteiger partial charge in [-0.15, -0.1) is 0 Å². The van der Waals surface area contributed by atoms with Gasteiger partial charge in [0, 0.05) is 0 Å². The predicted molar refractivity (Wildman–Crippen MR) is 108 cm³/mol. The summed E-state index contributed by atoms with van der Waals surface area (Å²) in [6.45, 7) is 2.16. The molecular formula is C19H13Cl3N2O4. The summed E-state index contributed by atoms with van der Waals surface area (Å²) in [4.78, 5) is 38.1. The first kappa shape index (κ1) is 20.2. The van der Waals surface area contributed by atoms with Gasteiger partial charge in [-0.05, 0) is 42.8 Å². The minimum Gasteiger partial charge on any atom is -0.491 e. The summed E-state index contributed by atoms with van der Waals surface area (Å²) < 4.78 is 5.36. The first-order chi connectivity index (χ1) is 13.3. The number of barbiturate groups is 1. The molecule has 1 fully saturated rings. The van der Waals surface area contributed by atoms with Crippen molar-refractivity contribution in [3.05, 3.63) is 62.6 Å². The van der Waals surface area contributed by atoms with Crippen molar-refractivity contribution in [2.45, 2.75) is 6.92 Å². The zero-order valence-electron chi connectivity index (χ0n) is 14.5. The second-order valence-corrected chi connectivity index (χ2v) is 6.88. The fourth-order valence-electron chi connectivity index (χ4n) is 2.62. The first-order valence-corrected chi connectivity index (χ1v) is 9.24. The molecule has 0 saturated carbocycles. The van der Waals surface area contributed by atoms with Gasteiger partial charge in [0.15, 0.2) is 5.75 Å². The summed E-state index contributed by atoms with van der Waals surface area (Å²) in [6, 6.07) is 8.42. The van der Waals surface area contributed by atoms with Crippen LogP contribution in [-0.4, -0.2) is 24.5 Å². The molecule has 1 heterocycles. The zero-order valence-corrected chi connectivity index (χ0v) is 16.7. The van der Waals surface area contributed by atoms with Gasteiger partial charge in [-0.1, -0.05) is 46.9 Å². The Morgan fingerprint density at radius 1 is 1.04 bits per heavy atom. The van der Waals surface area contributed by atoms with Crippen LogP contribution in [0.5, 0.6) is 5.75 Å². The van der Waals surface area contributed by atoms with E-state index >= 15 is 0 Å². The minimum absolute atomic E-state index is 0.160. The second kappa shape index (κ2) is 8.22. The highest BCUT2D eigenvalue weighted by Gasteiger charge is 2.37. The molecule has 0 radical (unpaired) electrons. The lowest BCUT2D eigenvalue weighted by atomic mass is 10.1. The van der Waals surface area contributed by atoms with Gasteiger partial charge in [-0.2, -0.15) is 0 Å². The van der Waals surface area contributed by atoms with E-state index in [1.807, 2.05) is 0 Å². The average Bonchev–Trinajstić information content (AvgIpc) is 2.63. The molecule has 2 aromatic carbocycles. The fourth-order valence-corrected chi connectivity index (χ4v) is 3.45. The van der Waals surface area contributed by atoms with E-state index < -0.39 is 17.8 Å². The Hall–Kier alpha value is -2.54. The third-order valence-electron chi connectivity index (χ3n) is 3.82. The molecule has 6 nitrogen and oxygen atoms in total. The summed E-state index contributed by atoms with van der Waals surface area (Å²) in [5.41, 5.74) is 0.286. The lowest BCUT2D eigenvalue weighted by molar-refractivity contribution is -0.122.